The van der Waals surface area contributed by atoms with E-state index in [0.29, 0.717) is 30.3 Å². The van der Waals surface area contributed by atoms with Gasteiger partial charge in [0.15, 0.2) is 5.82 Å². The molecule has 1 amide bonds. The summed E-state index contributed by atoms with van der Waals surface area (Å²) < 4.78 is 10.1. The van der Waals surface area contributed by atoms with Crippen LogP contribution in [0.3, 0.4) is 0 Å². The van der Waals surface area contributed by atoms with E-state index in [0.717, 1.165) is 34.1 Å². The smallest absolute Gasteiger partial charge is 0.251 e. The molecule has 1 aromatic carbocycles. The molecule has 3 aromatic heterocycles. The third-order valence-corrected chi connectivity index (χ3v) is 4.67. The quantitative estimate of drug-likeness (QED) is 0.482. The Hall–Kier alpha value is -3.40. The maximum absolute atomic E-state index is 12.3. The van der Waals surface area contributed by atoms with Crippen LogP contribution in [0.1, 0.15) is 21.7 Å². The van der Waals surface area contributed by atoms with Gasteiger partial charge in [-0.2, -0.15) is 13.8 Å². The fourth-order valence-corrected chi connectivity index (χ4v) is 3.33. The van der Waals surface area contributed by atoms with Gasteiger partial charge in [0.25, 0.3) is 5.91 Å². The molecule has 28 heavy (non-hydrogen) atoms. The number of hydrogen-bond donors (Lipinski definition) is 2. The molecular formula is C18H18N8OS. The van der Waals surface area contributed by atoms with Crippen molar-refractivity contribution in [2.45, 2.75) is 13.8 Å². The van der Waals surface area contributed by atoms with Crippen LogP contribution in [0.15, 0.2) is 36.7 Å². The number of anilines is 1. The fraction of sp³-hybridized carbons (Fsp3) is 0.222. The number of carbonyl (C=O) groups is 1. The van der Waals surface area contributed by atoms with Gasteiger partial charge in [0.1, 0.15) is 23.2 Å². The predicted molar refractivity (Wildman–Crippen MR) is 107 cm³/mol. The number of nitrogens with one attached hydrogen (secondary N) is 2. The molecule has 0 radical (unpaired) electrons. The minimum atomic E-state index is -0.150. The van der Waals surface area contributed by atoms with Crippen LogP contribution in [0.5, 0.6) is 0 Å². The maximum Gasteiger partial charge on any atom is 0.251 e. The highest BCUT2D eigenvalue weighted by atomic mass is 32.1. The number of amides is 1. The van der Waals surface area contributed by atoms with Crippen molar-refractivity contribution in [1.29, 1.82) is 0 Å². The van der Waals surface area contributed by atoms with Crippen LogP contribution in [0, 0.1) is 13.8 Å². The van der Waals surface area contributed by atoms with Gasteiger partial charge in [0.05, 0.1) is 17.4 Å². The summed E-state index contributed by atoms with van der Waals surface area (Å²) in [6.45, 7) is 4.89. The molecule has 0 aliphatic carbocycles. The van der Waals surface area contributed by atoms with Gasteiger partial charge in [-0.15, -0.1) is 0 Å². The van der Waals surface area contributed by atoms with Gasteiger partial charge in [-0.25, -0.2) is 14.6 Å². The average Bonchev–Trinajstić information content (AvgIpc) is 3.30. The summed E-state index contributed by atoms with van der Waals surface area (Å²) in [5.41, 5.74) is 4.02. The maximum atomic E-state index is 12.3. The van der Waals surface area contributed by atoms with Crippen molar-refractivity contribution in [3.63, 3.8) is 0 Å². The lowest BCUT2D eigenvalue weighted by Crippen LogP contribution is -2.28. The monoisotopic (exact) mass is 394 g/mol. The molecular weight excluding hydrogens is 376 g/mol. The van der Waals surface area contributed by atoms with Crippen molar-refractivity contribution < 1.29 is 4.79 Å². The number of nitrogens with zero attached hydrogens (tertiary/aromatic N) is 6. The van der Waals surface area contributed by atoms with Crippen molar-refractivity contribution in [3.8, 4) is 5.82 Å². The van der Waals surface area contributed by atoms with Crippen LogP contribution < -0.4 is 10.6 Å². The van der Waals surface area contributed by atoms with E-state index >= 15 is 0 Å². The average molecular weight is 394 g/mol. The van der Waals surface area contributed by atoms with E-state index < -0.39 is 0 Å². The summed E-state index contributed by atoms with van der Waals surface area (Å²) >= 11 is 1.13. The van der Waals surface area contributed by atoms with Crippen molar-refractivity contribution in [2.24, 2.45) is 0 Å². The molecule has 0 spiro atoms. The zero-order chi connectivity index (χ0) is 19.5. The fourth-order valence-electron chi connectivity index (χ4n) is 2.81. The Labute approximate surface area is 165 Å². The molecule has 4 aromatic rings. The van der Waals surface area contributed by atoms with Gasteiger partial charge in [-0.3, -0.25) is 4.79 Å². The minimum Gasteiger partial charge on any atom is -0.368 e. The third-order valence-electron chi connectivity index (χ3n) is 4.11. The lowest BCUT2D eigenvalue weighted by Gasteiger charge is -2.09. The van der Waals surface area contributed by atoms with Gasteiger partial charge in [0, 0.05) is 30.4 Å². The first kappa shape index (κ1) is 18.0. The van der Waals surface area contributed by atoms with E-state index in [9.17, 15) is 4.79 Å². The highest BCUT2D eigenvalue weighted by molar-refractivity contribution is 7.00. The summed E-state index contributed by atoms with van der Waals surface area (Å²) in [5, 5.41) is 10.5. The number of benzene rings is 1. The van der Waals surface area contributed by atoms with Crippen LogP contribution in [0.4, 0.5) is 5.82 Å². The summed E-state index contributed by atoms with van der Waals surface area (Å²) in [6, 6.07) is 9.10. The zero-order valence-corrected chi connectivity index (χ0v) is 16.2. The molecule has 2 N–H and O–H groups in total. The standard InChI is InChI=1S/C18H18N8OS/c1-11-7-12(2)26(23-11)17-9-16(21-10-22-17)19-5-6-20-18(27)13-3-4-14-15(8-13)25-28-24-14/h3-4,7-10H,5-6H2,1-2H3,(H,20,27)(H,19,21,22). The number of rotatable bonds is 6. The van der Waals surface area contributed by atoms with E-state index in [1.54, 1.807) is 22.9 Å². The topological polar surface area (TPSA) is 111 Å². The Kier molecular flexibility index (Phi) is 4.94. The van der Waals surface area contributed by atoms with E-state index in [-0.39, 0.29) is 5.91 Å². The molecule has 142 valence electrons. The van der Waals surface area contributed by atoms with Gasteiger partial charge in [-0.05, 0) is 38.1 Å². The molecule has 0 fully saturated rings. The van der Waals surface area contributed by atoms with Crippen molar-refractivity contribution in [2.75, 3.05) is 18.4 Å². The van der Waals surface area contributed by atoms with Crippen LogP contribution in [-0.4, -0.2) is 47.5 Å². The molecule has 0 aliphatic rings. The first-order chi connectivity index (χ1) is 13.6. The second kappa shape index (κ2) is 7.69. The molecule has 0 saturated carbocycles. The lowest BCUT2D eigenvalue weighted by atomic mass is 10.2. The van der Waals surface area contributed by atoms with Gasteiger partial charge in [0.2, 0.25) is 0 Å². The predicted octanol–water partition coefficient (Wildman–Crippen LogP) is 2.13. The Bertz CT molecular complexity index is 1140. The number of carbonyl (C=O) groups excluding carboxylic acids is 1. The molecule has 0 unspecified atom stereocenters. The first-order valence-corrected chi connectivity index (χ1v) is 9.43. The van der Waals surface area contributed by atoms with Crippen molar-refractivity contribution >= 4 is 34.5 Å². The van der Waals surface area contributed by atoms with E-state index in [2.05, 4.69) is 34.4 Å². The largest absolute Gasteiger partial charge is 0.368 e. The Balaban J connectivity index is 1.33. The first-order valence-electron chi connectivity index (χ1n) is 8.70. The second-order valence-electron chi connectivity index (χ2n) is 6.25. The van der Waals surface area contributed by atoms with E-state index in [4.69, 9.17) is 0 Å². The summed E-state index contributed by atoms with van der Waals surface area (Å²) in [6.07, 6.45) is 1.49. The van der Waals surface area contributed by atoms with Crippen LogP contribution in [-0.2, 0) is 0 Å². The third kappa shape index (κ3) is 3.81. The molecule has 4 rings (SSSR count). The lowest BCUT2D eigenvalue weighted by molar-refractivity contribution is 0.0955. The molecule has 0 bridgehead atoms. The van der Waals surface area contributed by atoms with Gasteiger partial charge in [-0.1, -0.05) is 0 Å². The van der Waals surface area contributed by atoms with Crippen LogP contribution in [0.25, 0.3) is 16.9 Å². The Morgan fingerprint density at radius 1 is 1.07 bits per heavy atom. The van der Waals surface area contributed by atoms with E-state index in [1.165, 1.54) is 6.33 Å². The van der Waals surface area contributed by atoms with Crippen molar-refractivity contribution in [3.05, 3.63) is 53.6 Å². The molecule has 0 aliphatic heterocycles. The molecule has 0 saturated heterocycles. The van der Waals surface area contributed by atoms with E-state index in [1.807, 2.05) is 26.0 Å². The minimum absolute atomic E-state index is 0.150. The molecule has 3 heterocycles. The van der Waals surface area contributed by atoms with Crippen molar-refractivity contribution in [1.82, 2.24) is 33.8 Å². The molecule has 10 heteroatoms. The number of hydrogen-bond acceptors (Lipinski definition) is 8. The zero-order valence-electron chi connectivity index (χ0n) is 15.4. The highest BCUT2D eigenvalue weighted by Crippen LogP contribution is 2.14. The number of aromatic nitrogens is 6. The highest BCUT2D eigenvalue weighted by Gasteiger charge is 2.09. The Morgan fingerprint density at radius 2 is 1.93 bits per heavy atom. The number of aryl methyl sites for hydroxylation is 2. The van der Waals surface area contributed by atoms with Crippen LogP contribution >= 0.6 is 11.7 Å². The summed E-state index contributed by atoms with van der Waals surface area (Å²) in [5.74, 6) is 1.21. The SMILES string of the molecule is Cc1cc(C)n(-c2cc(NCCNC(=O)c3ccc4nsnc4c3)ncn2)n1. The van der Waals surface area contributed by atoms with Gasteiger partial charge < -0.3 is 10.6 Å². The Morgan fingerprint density at radius 3 is 2.75 bits per heavy atom. The summed E-state index contributed by atoms with van der Waals surface area (Å²) in [4.78, 5) is 20.8. The van der Waals surface area contributed by atoms with Crippen LogP contribution in [0.2, 0.25) is 0 Å². The second-order valence-corrected chi connectivity index (χ2v) is 6.78. The normalized spacial score (nSPS) is 10.9. The van der Waals surface area contributed by atoms with Gasteiger partial charge >= 0.3 is 0 Å². The summed E-state index contributed by atoms with van der Waals surface area (Å²) in [7, 11) is 0. The number of fused-ring (bicyclic) bond motifs is 1. The molecule has 0 atom stereocenters. The molecule has 9 nitrogen and oxygen atoms in total.